The van der Waals surface area contributed by atoms with Crippen molar-refractivity contribution in [3.63, 3.8) is 0 Å². The van der Waals surface area contributed by atoms with Crippen LogP contribution in [0.3, 0.4) is 0 Å². The molecule has 2 aromatic rings. The van der Waals surface area contributed by atoms with Gasteiger partial charge in [0.15, 0.2) is 11.5 Å². The fourth-order valence-electron chi connectivity index (χ4n) is 1.69. The molecule has 0 fully saturated rings. The zero-order chi connectivity index (χ0) is 15.2. The number of nitrogens with zero attached hydrogens (tertiary/aromatic N) is 1. The Morgan fingerprint density at radius 1 is 1.18 bits per heavy atom. The van der Waals surface area contributed by atoms with Crippen molar-refractivity contribution >= 4 is 12.1 Å². The number of carbonyl (C=O) groups excluding carboxylic acids is 1. The molecule has 0 radical (unpaired) electrons. The van der Waals surface area contributed by atoms with Gasteiger partial charge in [0.1, 0.15) is 5.75 Å². The summed E-state index contributed by atoms with van der Waals surface area (Å²) in [6.45, 7) is 0. The summed E-state index contributed by atoms with van der Waals surface area (Å²) in [7, 11) is 1.44. The number of benzene rings is 2. The molecule has 0 aliphatic rings. The van der Waals surface area contributed by atoms with Gasteiger partial charge in [0, 0.05) is 22.1 Å². The van der Waals surface area contributed by atoms with Crippen molar-refractivity contribution in [2.45, 2.75) is 0 Å². The maximum absolute atomic E-state index is 11.8. The smallest absolute Gasteiger partial charge is 0.275 e. The Hall–Kier alpha value is -2.53. The van der Waals surface area contributed by atoms with Crippen molar-refractivity contribution in [1.29, 1.82) is 0 Å². The van der Waals surface area contributed by atoms with Gasteiger partial charge < -0.3 is 14.9 Å². The summed E-state index contributed by atoms with van der Waals surface area (Å²) in [6.07, 6.45) is 1.29. The third kappa shape index (κ3) is 3.99. The van der Waals surface area contributed by atoms with Crippen molar-refractivity contribution in [3.8, 4) is 17.2 Å². The Bertz CT molecular complexity index is 689. The van der Waals surface area contributed by atoms with Crippen LogP contribution < -0.4 is 10.2 Å². The molecule has 22 heavy (non-hydrogen) atoms. The topological polar surface area (TPSA) is 91.2 Å². The molecule has 0 bridgehead atoms. The number of hydrogen-bond donors (Lipinski definition) is 3. The van der Waals surface area contributed by atoms with Crippen LogP contribution in [0.15, 0.2) is 47.6 Å². The standard InChI is InChI=1S/C15H14N2O4.Ni/c1-21-13-8-4-5-10(14(13)19)9-16-17-15(20)11-6-2-3-7-12(11)18;/h2-9,18-19H,1H3,(H,17,20);. The van der Waals surface area contributed by atoms with Crippen molar-refractivity contribution in [1.82, 2.24) is 5.43 Å². The van der Waals surface area contributed by atoms with Crippen LogP contribution >= 0.6 is 0 Å². The predicted molar refractivity (Wildman–Crippen MR) is 77.8 cm³/mol. The minimum Gasteiger partial charge on any atom is -0.507 e. The van der Waals surface area contributed by atoms with E-state index in [1.165, 1.54) is 25.5 Å². The van der Waals surface area contributed by atoms with Crippen molar-refractivity contribution in [2.24, 2.45) is 5.10 Å². The molecule has 2 rings (SSSR count). The number of ether oxygens (including phenoxy) is 1. The predicted octanol–water partition coefficient (Wildman–Crippen LogP) is 1.87. The quantitative estimate of drug-likeness (QED) is 0.448. The molecule has 6 nitrogen and oxygen atoms in total. The van der Waals surface area contributed by atoms with Gasteiger partial charge in [0.2, 0.25) is 0 Å². The van der Waals surface area contributed by atoms with E-state index in [9.17, 15) is 15.0 Å². The zero-order valence-electron chi connectivity index (χ0n) is 11.6. The molecule has 2 aromatic carbocycles. The molecule has 0 heterocycles. The number of aromatic hydroxyl groups is 2. The van der Waals surface area contributed by atoms with E-state index in [-0.39, 0.29) is 33.6 Å². The second-order valence-corrected chi connectivity index (χ2v) is 4.11. The maximum Gasteiger partial charge on any atom is 0.275 e. The third-order valence-electron chi connectivity index (χ3n) is 2.77. The van der Waals surface area contributed by atoms with Gasteiger partial charge in [-0.1, -0.05) is 18.2 Å². The molecule has 0 saturated heterocycles. The summed E-state index contributed by atoms with van der Waals surface area (Å²) in [5.74, 6) is -0.437. The number of amides is 1. The molecule has 3 N–H and O–H groups in total. The molecule has 0 aliphatic heterocycles. The summed E-state index contributed by atoms with van der Waals surface area (Å²) >= 11 is 0. The van der Waals surface area contributed by atoms with E-state index in [0.717, 1.165) is 0 Å². The van der Waals surface area contributed by atoms with Crippen LogP contribution in [0, 0.1) is 0 Å². The van der Waals surface area contributed by atoms with E-state index in [1.54, 1.807) is 30.3 Å². The van der Waals surface area contributed by atoms with Gasteiger partial charge >= 0.3 is 0 Å². The number of carbonyl (C=O) groups is 1. The first kappa shape index (κ1) is 17.5. The van der Waals surface area contributed by atoms with Crippen molar-refractivity contribution < 1.29 is 36.2 Å². The van der Waals surface area contributed by atoms with Gasteiger partial charge in [-0.15, -0.1) is 0 Å². The summed E-state index contributed by atoms with van der Waals surface area (Å²) in [5, 5.41) is 23.1. The van der Waals surface area contributed by atoms with E-state index in [4.69, 9.17) is 4.74 Å². The van der Waals surface area contributed by atoms with E-state index >= 15 is 0 Å². The molecule has 118 valence electrons. The van der Waals surface area contributed by atoms with Crippen LogP contribution in [0.1, 0.15) is 15.9 Å². The van der Waals surface area contributed by atoms with E-state index in [2.05, 4.69) is 10.5 Å². The Kier molecular flexibility index (Phi) is 6.41. The number of nitrogens with one attached hydrogen (secondary N) is 1. The Labute approximate surface area is 137 Å². The largest absolute Gasteiger partial charge is 0.507 e. The van der Waals surface area contributed by atoms with Crippen LogP contribution in [0.5, 0.6) is 17.2 Å². The molecular weight excluding hydrogens is 331 g/mol. The van der Waals surface area contributed by atoms with Crippen LogP contribution in [-0.4, -0.2) is 29.4 Å². The minimum absolute atomic E-state index is 0. The SMILES string of the molecule is COc1cccc(C=NNC(=O)c2ccccc2O)c1O.[Ni]. The number of hydrazone groups is 1. The Morgan fingerprint density at radius 3 is 2.59 bits per heavy atom. The molecule has 0 aliphatic carbocycles. The molecule has 0 unspecified atom stereocenters. The molecular formula is C15H14N2NiO4. The fourth-order valence-corrected chi connectivity index (χ4v) is 1.69. The number of rotatable bonds is 4. The van der Waals surface area contributed by atoms with Crippen LogP contribution in [-0.2, 0) is 16.5 Å². The average Bonchev–Trinajstić information content (AvgIpc) is 2.49. The summed E-state index contributed by atoms with van der Waals surface area (Å²) in [5.41, 5.74) is 2.78. The van der Waals surface area contributed by atoms with Crippen molar-refractivity contribution in [3.05, 3.63) is 53.6 Å². The number of phenols is 2. The second-order valence-electron chi connectivity index (χ2n) is 4.11. The molecule has 1 amide bonds. The van der Waals surface area contributed by atoms with E-state index < -0.39 is 5.91 Å². The number of phenolic OH excluding ortho intramolecular Hbond substituents is 2. The Balaban J connectivity index is 0.00000242. The third-order valence-corrected chi connectivity index (χ3v) is 2.77. The normalized spacial score (nSPS) is 10.0. The number of para-hydroxylation sites is 2. The van der Waals surface area contributed by atoms with E-state index in [1.807, 2.05) is 0 Å². The minimum atomic E-state index is -0.549. The summed E-state index contributed by atoms with van der Waals surface area (Å²) < 4.78 is 4.97. The zero-order valence-corrected chi connectivity index (χ0v) is 12.6. The summed E-state index contributed by atoms with van der Waals surface area (Å²) in [4.78, 5) is 11.8. The number of methoxy groups -OCH3 is 1. The first-order valence-corrected chi connectivity index (χ1v) is 6.11. The first-order chi connectivity index (χ1) is 10.1. The Morgan fingerprint density at radius 2 is 1.91 bits per heavy atom. The molecule has 0 saturated carbocycles. The van der Waals surface area contributed by atoms with Crippen molar-refractivity contribution in [2.75, 3.05) is 7.11 Å². The monoisotopic (exact) mass is 344 g/mol. The fraction of sp³-hybridized carbons (Fsp3) is 0.0667. The maximum atomic E-state index is 11.8. The molecule has 0 atom stereocenters. The van der Waals surface area contributed by atoms with Crippen LogP contribution in [0.25, 0.3) is 0 Å². The second kappa shape index (κ2) is 8.05. The van der Waals surface area contributed by atoms with Gasteiger partial charge in [-0.25, -0.2) is 5.43 Å². The van der Waals surface area contributed by atoms with Crippen LogP contribution in [0.4, 0.5) is 0 Å². The van der Waals surface area contributed by atoms with Gasteiger partial charge in [0.25, 0.3) is 5.91 Å². The molecule has 0 aromatic heterocycles. The molecule has 0 spiro atoms. The number of hydrogen-bond acceptors (Lipinski definition) is 5. The first-order valence-electron chi connectivity index (χ1n) is 6.11. The average molecular weight is 345 g/mol. The van der Waals surface area contributed by atoms with Gasteiger partial charge in [-0.3, -0.25) is 4.79 Å². The summed E-state index contributed by atoms with van der Waals surface area (Å²) in [6, 6.07) is 11.0. The molecule has 7 heteroatoms. The van der Waals surface area contributed by atoms with Gasteiger partial charge in [-0.05, 0) is 24.3 Å². The van der Waals surface area contributed by atoms with Crippen LogP contribution in [0.2, 0.25) is 0 Å². The van der Waals surface area contributed by atoms with Gasteiger partial charge in [-0.2, -0.15) is 5.10 Å². The van der Waals surface area contributed by atoms with E-state index in [0.29, 0.717) is 11.3 Å². The van der Waals surface area contributed by atoms with Gasteiger partial charge in [0.05, 0.1) is 18.9 Å².